The quantitative estimate of drug-likeness (QED) is 0.642. The molecule has 1 aliphatic heterocycles. The topological polar surface area (TPSA) is 52.6 Å². The summed E-state index contributed by atoms with van der Waals surface area (Å²) < 4.78 is 40.1. The first-order valence-electron chi connectivity index (χ1n) is 9.87. The van der Waals surface area contributed by atoms with Gasteiger partial charge in [0.15, 0.2) is 0 Å². The van der Waals surface area contributed by atoms with Crippen molar-refractivity contribution < 1.29 is 23.1 Å². The van der Waals surface area contributed by atoms with E-state index in [-0.39, 0.29) is 11.5 Å². The van der Waals surface area contributed by atoms with Crippen molar-refractivity contribution in [3.05, 3.63) is 64.2 Å². The van der Waals surface area contributed by atoms with Gasteiger partial charge < -0.3 is 10.4 Å². The van der Waals surface area contributed by atoms with Gasteiger partial charge in [0.05, 0.1) is 17.8 Å². The van der Waals surface area contributed by atoms with Gasteiger partial charge in [0.1, 0.15) is 0 Å². The number of nitrogens with one attached hydrogen (secondary N) is 1. The number of aromatic carboxylic acids is 1. The number of hydrogen-bond donors (Lipinski definition) is 2. The molecule has 2 N–H and O–H groups in total. The summed E-state index contributed by atoms with van der Waals surface area (Å²) in [6.45, 7) is 2.06. The predicted octanol–water partition coefficient (Wildman–Crippen LogP) is 5.55. The third-order valence-electron chi connectivity index (χ3n) is 6.24. The van der Waals surface area contributed by atoms with E-state index in [4.69, 9.17) is 11.6 Å². The molecule has 1 heterocycles. The maximum absolute atomic E-state index is 13.4. The largest absolute Gasteiger partial charge is 0.478 e. The summed E-state index contributed by atoms with van der Waals surface area (Å²) >= 11 is 5.88. The van der Waals surface area contributed by atoms with Gasteiger partial charge in [-0.3, -0.25) is 4.90 Å². The lowest BCUT2D eigenvalue weighted by Gasteiger charge is -2.22. The van der Waals surface area contributed by atoms with E-state index in [0.29, 0.717) is 34.8 Å². The molecular formula is C22H22ClF3N2O2. The molecule has 0 bridgehead atoms. The molecule has 2 aromatic carbocycles. The van der Waals surface area contributed by atoms with Crippen LogP contribution in [-0.2, 0) is 6.18 Å². The first-order valence-corrected chi connectivity index (χ1v) is 10.3. The van der Waals surface area contributed by atoms with Crippen molar-refractivity contribution in [2.45, 2.75) is 24.9 Å². The molecule has 0 amide bonds. The molecule has 2 aromatic rings. The second-order valence-electron chi connectivity index (χ2n) is 8.14. The first-order chi connectivity index (χ1) is 14.2. The van der Waals surface area contributed by atoms with Crippen molar-refractivity contribution in [3.63, 3.8) is 0 Å². The van der Waals surface area contributed by atoms with Crippen LogP contribution < -0.4 is 5.32 Å². The number of carboxylic acid groups (broad SMARTS) is 1. The number of alkyl halides is 3. The second kappa shape index (κ2) is 8.12. The summed E-state index contributed by atoms with van der Waals surface area (Å²) in [5.41, 5.74) is 0.514. The van der Waals surface area contributed by atoms with Gasteiger partial charge in [-0.1, -0.05) is 29.8 Å². The van der Waals surface area contributed by atoms with E-state index in [1.54, 1.807) is 24.3 Å². The zero-order valence-electron chi connectivity index (χ0n) is 16.1. The average Bonchev–Trinajstić information content (AvgIpc) is 3.25. The fourth-order valence-corrected chi connectivity index (χ4v) is 5.11. The Morgan fingerprint density at radius 2 is 1.80 bits per heavy atom. The summed E-state index contributed by atoms with van der Waals surface area (Å²) in [6, 6.07) is 10.6. The summed E-state index contributed by atoms with van der Waals surface area (Å²) in [5.74, 6) is -0.420. The summed E-state index contributed by atoms with van der Waals surface area (Å²) in [6.07, 6.45) is -2.84. The number of anilines is 1. The number of benzene rings is 2. The Morgan fingerprint density at radius 3 is 2.43 bits per heavy atom. The summed E-state index contributed by atoms with van der Waals surface area (Å²) in [4.78, 5) is 13.6. The molecule has 2 aliphatic rings. The molecule has 4 rings (SSSR count). The van der Waals surface area contributed by atoms with E-state index in [9.17, 15) is 23.1 Å². The van der Waals surface area contributed by atoms with E-state index in [2.05, 4.69) is 10.2 Å². The molecule has 30 heavy (non-hydrogen) atoms. The van der Waals surface area contributed by atoms with Crippen LogP contribution in [0.3, 0.4) is 0 Å². The van der Waals surface area contributed by atoms with Crippen molar-refractivity contribution in [1.29, 1.82) is 0 Å². The highest BCUT2D eigenvalue weighted by Gasteiger charge is 2.43. The molecular weight excluding hydrogens is 417 g/mol. The van der Waals surface area contributed by atoms with Crippen LogP contribution in [0.5, 0.6) is 0 Å². The minimum absolute atomic E-state index is 0.0668. The van der Waals surface area contributed by atoms with Crippen LogP contribution in [0.15, 0.2) is 42.5 Å². The summed E-state index contributed by atoms with van der Waals surface area (Å²) in [5, 5.41) is 12.9. The SMILES string of the molecule is O=C(O)c1cc(Cl)ccc1NCN1C[C@H]2CC(c3ccccc3C(F)(F)F)C[C@H]2C1. The van der Waals surface area contributed by atoms with Crippen LogP contribution in [-0.4, -0.2) is 35.7 Å². The number of carboxylic acids is 1. The average molecular weight is 439 g/mol. The second-order valence-corrected chi connectivity index (χ2v) is 8.58. The number of halogens is 4. The number of hydrogen-bond acceptors (Lipinski definition) is 3. The molecule has 1 unspecified atom stereocenters. The molecule has 1 aliphatic carbocycles. The third-order valence-corrected chi connectivity index (χ3v) is 6.47. The molecule has 1 saturated carbocycles. The number of nitrogens with zero attached hydrogens (tertiary/aromatic N) is 1. The zero-order valence-corrected chi connectivity index (χ0v) is 16.9. The molecule has 0 spiro atoms. The van der Waals surface area contributed by atoms with Gasteiger partial charge in [0, 0.05) is 23.8 Å². The number of fused-ring (bicyclic) bond motifs is 1. The Hall–Kier alpha value is -2.25. The van der Waals surface area contributed by atoms with Crippen LogP contribution in [0.1, 0.15) is 40.2 Å². The lowest BCUT2D eigenvalue weighted by atomic mass is 9.91. The maximum atomic E-state index is 13.4. The normalized spacial score (nSPS) is 24.1. The highest BCUT2D eigenvalue weighted by molar-refractivity contribution is 6.31. The van der Waals surface area contributed by atoms with Crippen molar-refractivity contribution >= 4 is 23.3 Å². The Morgan fingerprint density at radius 1 is 1.13 bits per heavy atom. The molecule has 2 fully saturated rings. The molecule has 4 nitrogen and oxygen atoms in total. The highest BCUT2D eigenvalue weighted by Crippen LogP contribution is 2.48. The Balaban J connectivity index is 1.38. The van der Waals surface area contributed by atoms with Crippen molar-refractivity contribution in [2.75, 3.05) is 25.1 Å². The van der Waals surface area contributed by atoms with Crippen molar-refractivity contribution in [1.82, 2.24) is 4.90 Å². The van der Waals surface area contributed by atoms with Crippen LogP contribution in [0.25, 0.3) is 0 Å². The van der Waals surface area contributed by atoms with E-state index in [1.165, 1.54) is 18.2 Å². The highest BCUT2D eigenvalue weighted by atomic mass is 35.5. The van der Waals surface area contributed by atoms with E-state index in [0.717, 1.165) is 25.9 Å². The van der Waals surface area contributed by atoms with Gasteiger partial charge in [0.25, 0.3) is 0 Å². The number of likely N-dealkylation sites (tertiary alicyclic amines) is 1. The lowest BCUT2D eigenvalue weighted by molar-refractivity contribution is -0.138. The fourth-order valence-electron chi connectivity index (χ4n) is 4.94. The molecule has 0 radical (unpaired) electrons. The minimum Gasteiger partial charge on any atom is -0.478 e. The van der Waals surface area contributed by atoms with E-state index in [1.807, 2.05) is 0 Å². The Bertz CT molecular complexity index is 936. The number of carbonyl (C=O) groups is 1. The third kappa shape index (κ3) is 4.27. The lowest BCUT2D eigenvalue weighted by Crippen LogP contribution is -2.29. The Kier molecular flexibility index (Phi) is 5.68. The first kappa shape index (κ1) is 21.0. The van der Waals surface area contributed by atoms with Gasteiger partial charge in [-0.2, -0.15) is 13.2 Å². The van der Waals surface area contributed by atoms with Gasteiger partial charge in [-0.25, -0.2) is 4.79 Å². The van der Waals surface area contributed by atoms with E-state index < -0.39 is 17.7 Å². The molecule has 3 atom stereocenters. The predicted molar refractivity (Wildman–Crippen MR) is 109 cm³/mol. The molecule has 1 saturated heterocycles. The molecule has 160 valence electrons. The maximum Gasteiger partial charge on any atom is 0.416 e. The van der Waals surface area contributed by atoms with Crippen molar-refractivity contribution in [3.8, 4) is 0 Å². The van der Waals surface area contributed by atoms with Crippen LogP contribution in [0.4, 0.5) is 18.9 Å². The van der Waals surface area contributed by atoms with Crippen molar-refractivity contribution in [2.24, 2.45) is 11.8 Å². The van der Waals surface area contributed by atoms with Gasteiger partial charge in [-0.15, -0.1) is 0 Å². The van der Waals surface area contributed by atoms with Gasteiger partial charge in [0.2, 0.25) is 0 Å². The molecule has 0 aromatic heterocycles. The fraction of sp³-hybridized carbons (Fsp3) is 0.409. The Labute approximate surface area is 177 Å². The van der Waals surface area contributed by atoms with Crippen LogP contribution in [0, 0.1) is 11.8 Å². The monoisotopic (exact) mass is 438 g/mol. The molecule has 8 heteroatoms. The summed E-state index contributed by atoms with van der Waals surface area (Å²) in [7, 11) is 0. The van der Waals surface area contributed by atoms with Crippen LogP contribution in [0.2, 0.25) is 5.02 Å². The van der Waals surface area contributed by atoms with E-state index >= 15 is 0 Å². The van der Waals surface area contributed by atoms with Gasteiger partial charge in [-0.05, 0) is 60.4 Å². The number of rotatable bonds is 5. The smallest absolute Gasteiger partial charge is 0.416 e. The van der Waals surface area contributed by atoms with Gasteiger partial charge >= 0.3 is 12.1 Å². The minimum atomic E-state index is -4.33. The van der Waals surface area contributed by atoms with Crippen LogP contribution >= 0.6 is 11.6 Å². The standard InChI is InChI=1S/C22H22ClF3N2O2/c23-16-5-6-20(18(9-16)21(29)30)27-12-28-10-14-7-13(8-15(14)11-28)17-3-1-2-4-19(17)22(24,25)26/h1-6,9,13-15,27H,7-8,10-12H2,(H,29,30)/t13?,14-,15+. The zero-order chi connectivity index (χ0) is 21.5.